The third-order valence-corrected chi connectivity index (χ3v) is 7.08. The number of nitrogens with zero attached hydrogens (tertiary/aromatic N) is 2. The molecular formula is C20H10Cl2F5N3O5S. The lowest BCUT2D eigenvalue weighted by Gasteiger charge is -2.24. The summed E-state index contributed by atoms with van der Waals surface area (Å²) >= 11 is 11.7. The smallest absolute Gasteiger partial charge is 0.270 e. The van der Waals surface area contributed by atoms with Gasteiger partial charge in [0.2, 0.25) is 11.7 Å². The molecule has 36 heavy (non-hydrogen) atoms. The van der Waals surface area contributed by atoms with Crippen molar-refractivity contribution in [1.29, 1.82) is 0 Å². The van der Waals surface area contributed by atoms with E-state index in [0.29, 0.717) is 10.4 Å². The van der Waals surface area contributed by atoms with Crippen molar-refractivity contribution in [2.45, 2.75) is 4.90 Å². The Kier molecular flexibility index (Phi) is 7.71. The first-order valence-corrected chi connectivity index (χ1v) is 11.5. The molecule has 0 atom stereocenters. The molecule has 0 radical (unpaired) electrons. The molecule has 3 rings (SSSR count). The van der Waals surface area contributed by atoms with Crippen LogP contribution in [0.15, 0.2) is 47.4 Å². The normalized spacial score (nSPS) is 11.3. The predicted molar refractivity (Wildman–Crippen MR) is 119 cm³/mol. The van der Waals surface area contributed by atoms with Gasteiger partial charge in [-0.05, 0) is 30.3 Å². The van der Waals surface area contributed by atoms with Crippen LogP contribution in [0.1, 0.15) is 0 Å². The maximum atomic E-state index is 14.0. The van der Waals surface area contributed by atoms with Crippen molar-refractivity contribution >= 4 is 56.2 Å². The number of nitrogens with one attached hydrogen (secondary N) is 1. The predicted octanol–water partition coefficient (Wildman–Crippen LogP) is 5.43. The Labute approximate surface area is 209 Å². The van der Waals surface area contributed by atoms with Gasteiger partial charge in [-0.15, -0.1) is 0 Å². The molecule has 0 aromatic heterocycles. The van der Waals surface area contributed by atoms with Gasteiger partial charge in [-0.2, -0.15) is 0 Å². The number of hydrogen-bond acceptors (Lipinski definition) is 5. The van der Waals surface area contributed by atoms with Crippen molar-refractivity contribution in [3.8, 4) is 0 Å². The van der Waals surface area contributed by atoms with E-state index < -0.39 is 77.8 Å². The number of halogens is 7. The van der Waals surface area contributed by atoms with Gasteiger partial charge in [0.1, 0.15) is 17.1 Å². The zero-order valence-corrected chi connectivity index (χ0v) is 19.6. The molecule has 1 N–H and O–H groups in total. The summed E-state index contributed by atoms with van der Waals surface area (Å²) in [4.78, 5) is 22.0. The van der Waals surface area contributed by atoms with Gasteiger partial charge in [-0.25, -0.2) is 30.4 Å². The zero-order chi connectivity index (χ0) is 26.9. The van der Waals surface area contributed by atoms with Crippen LogP contribution in [0, 0.1) is 39.2 Å². The number of non-ortho nitro benzene ring substituents is 1. The zero-order valence-electron chi connectivity index (χ0n) is 17.2. The molecule has 1 amide bonds. The second kappa shape index (κ2) is 10.2. The van der Waals surface area contributed by atoms with Gasteiger partial charge < -0.3 is 5.32 Å². The van der Waals surface area contributed by atoms with Crippen LogP contribution in [0.2, 0.25) is 10.0 Å². The molecule has 0 saturated carbocycles. The molecule has 0 bridgehead atoms. The highest BCUT2D eigenvalue weighted by molar-refractivity contribution is 7.93. The van der Waals surface area contributed by atoms with Gasteiger partial charge in [0.05, 0.1) is 15.6 Å². The summed E-state index contributed by atoms with van der Waals surface area (Å²) in [5.41, 5.74) is -2.63. The van der Waals surface area contributed by atoms with Gasteiger partial charge in [-0.3, -0.25) is 19.2 Å². The topological polar surface area (TPSA) is 110 Å². The molecule has 0 spiro atoms. The average molecular weight is 570 g/mol. The van der Waals surface area contributed by atoms with Crippen LogP contribution in [-0.4, -0.2) is 25.8 Å². The lowest BCUT2D eigenvalue weighted by atomic mass is 10.2. The molecular weight excluding hydrogens is 560 g/mol. The Hall–Kier alpha value is -3.49. The Balaban J connectivity index is 2.08. The fourth-order valence-corrected chi connectivity index (χ4v) is 4.91. The van der Waals surface area contributed by atoms with Gasteiger partial charge >= 0.3 is 0 Å². The van der Waals surface area contributed by atoms with Crippen molar-refractivity contribution < 1.29 is 40.1 Å². The molecule has 8 nitrogen and oxygen atoms in total. The molecule has 0 aliphatic carbocycles. The average Bonchev–Trinajstić information content (AvgIpc) is 2.83. The van der Waals surface area contributed by atoms with E-state index >= 15 is 0 Å². The number of carbonyl (C=O) groups is 1. The summed E-state index contributed by atoms with van der Waals surface area (Å²) in [7, 11) is -4.89. The fourth-order valence-electron chi connectivity index (χ4n) is 2.87. The number of hydrogen-bond donors (Lipinski definition) is 1. The van der Waals surface area contributed by atoms with Crippen LogP contribution in [0.5, 0.6) is 0 Å². The van der Waals surface area contributed by atoms with Crippen LogP contribution in [-0.2, 0) is 14.8 Å². The minimum atomic E-state index is -4.89. The number of sulfonamides is 1. The first-order valence-electron chi connectivity index (χ1n) is 9.29. The van der Waals surface area contributed by atoms with E-state index in [9.17, 15) is 45.3 Å². The first-order chi connectivity index (χ1) is 16.7. The number of carbonyl (C=O) groups excluding carboxylic acids is 1. The number of rotatable bonds is 7. The summed E-state index contributed by atoms with van der Waals surface area (Å²) in [6, 6.07) is 7.13. The van der Waals surface area contributed by atoms with E-state index in [2.05, 4.69) is 0 Å². The van der Waals surface area contributed by atoms with Gasteiger partial charge in [0, 0.05) is 17.2 Å². The quantitative estimate of drug-likeness (QED) is 0.134. The van der Waals surface area contributed by atoms with E-state index in [-0.39, 0.29) is 10.7 Å². The van der Waals surface area contributed by atoms with E-state index in [0.717, 1.165) is 24.3 Å². The Morgan fingerprint density at radius 1 is 0.917 bits per heavy atom. The summed E-state index contributed by atoms with van der Waals surface area (Å²) in [5.74, 6) is -13.4. The van der Waals surface area contributed by atoms with Crippen LogP contribution in [0.25, 0.3) is 0 Å². The van der Waals surface area contributed by atoms with Crippen molar-refractivity contribution in [1.82, 2.24) is 0 Å². The summed E-state index contributed by atoms with van der Waals surface area (Å²) in [5, 5.41) is 12.2. The largest absolute Gasteiger partial charge is 0.319 e. The van der Waals surface area contributed by atoms with Gasteiger partial charge in [0.15, 0.2) is 23.3 Å². The van der Waals surface area contributed by atoms with Crippen LogP contribution in [0.3, 0.4) is 0 Å². The van der Waals surface area contributed by atoms with Crippen LogP contribution < -0.4 is 9.62 Å². The summed E-state index contributed by atoms with van der Waals surface area (Å²) in [6.07, 6.45) is 0. The fraction of sp³-hybridized carbons (Fsp3) is 0.0500. The molecule has 3 aromatic carbocycles. The lowest BCUT2D eigenvalue weighted by molar-refractivity contribution is -0.385. The standard InChI is InChI=1S/C20H10Cl2F5N3O5S/c21-9-1-3-10(4-2-9)29(36(34,35)13-7-11(30(32)33)5-6-12(13)22)8-14(31)28-20-18(26)16(24)15(23)17(25)19(20)27/h1-7H,8H2,(H,28,31). The molecule has 190 valence electrons. The third kappa shape index (κ3) is 5.20. The number of amides is 1. The summed E-state index contributed by atoms with van der Waals surface area (Å²) < 4.78 is 95.3. The highest BCUT2D eigenvalue weighted by Crippen LogP contribution is 2.32. The van der Waals surface area contributed by atoms with Crippen LogP contribution >= 0.6 is 23.2 Å². The van der Waals surface area contributed by atoms with Gasteiger partial charge in [-0.1, -0.05) is 23.2 Å². The molecule has 0 heterocycles. The Morgan fingerprint density at radius 3 is 1.97 bits per heavy atom. The Morgan fingerprint density at radius 2 is 1.44 bits per heavy atom. The van der Waals surface area contributed by atoms with Crippen molar-refractivity contribution in [3.05, 3.63) is 91.7 Å². The lowest BCUT2D eigenvalue weighted by Crippen LogP contribution is -2.38. The van der Waals surface area contributed by atoms with E-state index in [1.54, 1.807) is 0 Å². The number of benzene rings is 3. The number of anilines is 2. The molecule has 0 saturated heterocycles. The van der Waals surface area contributed by atoms with Crippen LogP contribution in [0.4, 0.5) is 39.0 Å². The maximum absolute atomic E-state index is 14.0. The van der Waals surface area contributed by atoms with Crippen molar-refractivity contribution in [3.63, 3.8) is 0 Å². The number of nitro benzene ring substituents is 1. The highest BCUT2D eigenvalue weighted by Gasteiger charge is 2.32. The summed E-state index contributed by atoms with van der Waals surface area (Å²) in [6.45, 7) is -1.28. The van der Waals surface area contributed by atoms with Gasteiger partial charge in [0.25, 0.3) is 15.7 Å². The maximum Gasteiger partial charge on any atom is 0.270 e. The van der Waals surface area contributed by atoms with E-state index in [4.69, 9.17) is 23.2 Å². The minimum Gasteiger partial charge on any atom is -0.319 e. The molecule has 0 aliphatic rings. The molecule has 3 aromatic rings. The number of nitro groups is 1. The third-order valence-electron chi connectivity index (χ3n) is 4.57. The van der Waals surface area contributed by atoms with E-state index in [1.807, 2.05) is 0 Å². The van der Waals surface area contributed by atoms with Crippen molar-refractivity contribution in [2.75, 3.05) is 16.2 Å². The monoisotopic (exact) mass is 569 g/mol. The SMILES string of the molecule is O=C(CN(c1ccc(Cl)cc1)S(=O)(=O)c1cc([N+](=O)[O-])ccc1Cl)Nc1c(F)c(F)c(F)c(F)c1F. The van der Waals surface area contributed by atoms with E-state index in [1.165, 1.54) is 17.4 Å². The second-order valence-corrected chi connectivity index (χ2v) is 9.53. The Bertz CT molecular complexity index is 1460. The molecule has 16 heteroatoms. The molecule has 0 fully saturated rings. The minimum absolute atomic E-state index is 0.148. The van der Waals surface area contributed by atoms with Crippen molar-refractivity contribution in [2.24, 2.45) is 0 Å². The molecule has 0 unspecified atom stereocenters. The highest BCUT2D eigenvalue weighted by atomic mass is 35.5. The first kappa shape index (κ1) is 27.1. The second-order valence-electron chi connectivity index (χ2n) is 6.85. The molecule has 0 aliphatic heterocycles.